The van der Waals surface area contributed by atoms with Gasteiger partial charge in [-0.1, -0.05) is 6.07 Å². The van der Waals surface area contributed by atoms with Gasteiger partial charge in [0.15, 0.2) is 10.9 Å². The lowest BCUT2D eigenvalue weighted by atomic mass is 10.0. The highest BCUT2D eigenvalue weighted by atomic mass is 32.2. The van der Waals surface area contributed by atoms with Gasteiger partial charge in [0.2, 0.25) is 0 Å². The van der Waals surface area contributed by atoms with E-state index in [4.69, 9.17) is 0 Å². The van der Waals surface area contributed by atoms with Crippen molar-refractivity contribution in [1.29, 1.82) is 0 Å². The third kappa shape index (κ3) is 2.58. The lowest BCUT2D eigenvalue weighted by Gasteiger charge is -2.09. The standard InChI is InChI=1S/C22H16N2O5S/c1-10-6-13-16(7-11(10)2)23-17-8-15-18(9-14(17)22(13)26)24-20-12(21(15)25)4-3-5-19(20)30(27,28)29/h3-9H,1-2H3,(H,23,26)(H,24,25)(H,27,28,29). The van der Waals surface area contributed by atoms with E-state index >= 15 is 0 Å². The van der Waals surface area contributed by atoms with Crippen LogP contribution in [0, 0.1) is 13.8 Å². The second-order valence-corrected chi connectivity index (χ2v) is 8.88. The number of nitrogens with one attached hydrogen (secondary N) is 2. The molecule has 7 nitrogen and oxygen atoms in total. The van der Waals surface area contributed by atoms with Crippen LogP contribution in [0.25, 0.3) is 43.6 Å². The molecule has 3 aromatic carbocycles. The molecule has 0 spiro atoms. The summed E-state index contributed by atoms with van der Waals surface area (Å²) < 4.78 is 33.0. The molecule has 0 aliphatic heterocycles. The number of aromatic amines is 2. The lowest BCUT2D eigenvalue weighted by Crippen LogP contribution is -2.10. The van der Waals surface area contributed by atoms with E-state index in [2.05, 4.69) is 9.97 Å². The first-order valence-electron chi connectivity index (χ1n) is 9.18. The minimum absolute atomic E-state index is 0.000497. The second-order valence-electron chi connectivity index (χ2n) is 7.49. The molecule has 5 aromatic rings. The fraction of sp³-hybridized carbons (Fsp3) is 0.0909. The Balaban J connectivity index is 1.99. The molecule has 30 heavy (non-hydrogen) atoms. The van der Waals surface area contributed by atoms with Crippen LogP contribution in [-0.4, -0.2) is 22.9 Å². The van der Waals surface area contributed by atoms with Crippen molar-refractivity contribution in [3.8, 4) is 0 Å². The Morgan fingerprint density at radius 1 is 0.733 bits per heavy atom. The van der Waals surface area contributed by atoms with E-state index in [1.54, 1.807) is 12.1 Å². The summed E-state index contributed by atoms with van der Waals surface area (Å²) in [6, 6.07) is 11.0. The Bertz CT molecular complexity index is 1780. The van der Waals surface area contributed by atoms with Crippen LogP contribution in [0.4, 0.5) is 0 Å². The van der Waals surface area contributed by atoms with Crippen LogP contribution >= 0.6 is 0 Å². The molecule has 0 unspecified atom stereocenters. The van der Waals surface area contributed by atoms with E-state index in [0.29, 0.717) is 32.7 Å². The van der Waals surface area contributed by atoms with Crippen LogP contribution in [0.1, 0.15) is 11.1 Å². The predicted molar refractivity (Wildman–Crippen MR) is 117 cm³/mol. The number of pyridine rings is 2. The van der Waals surface area contributed by atoms with Gasteiger partial charge in [0.1, 0.15) is 4.90 Å². The van der Waals surface area contributed by atoms with Gasteiger partial charge in [-0.2, -0.15) is 8.42 Å². The number of hydrogen-bond acceptors (Lipinski definition) is 4. The summed E-state index contributed by atoms with van der Waals surface area (Å²) in [5.41, 5.74) is 2.95. The summed E-state index contributed by atoms with van der Waals surface area (Å²) >= 11 is 0. The fourth-order valence-electron chi connectivity index (χ4n) is 3.92. The monoisotopic (exact) mass is 420 g/mol. The van der Waals surface area contributed by atoms with E-state index < -0.39 is 20.4 Å². The van der Waals surface area contributed by atoms with Crippen molar-refractivity contribution in [3.63, 3.8) is 0 Å². The average molecular weight is 420 g/mol. The molecule has 0 aliphatic rings. The summed E-state index contributed by atoms with van der Waals surface area (Å²) in [4.78, 5) is 32.0. The van der Waals surface area contributed by atoms with Crippen LogP contribution in [-0.2, 0) is 10.1 Å². The van der Waals surface area contributed by atoms with Crippen molar-refractivity contribution in [3.05, 3.63) is 74.0 Å². The highest BCUT2D eigenvalue weighted by Gasteiger charge is 2.18. The van der Waals surface area contributed by atoms with Gasteiger partial charge in [-0.05, 0) is 61.4 Å². The van der Waals surface area contributed by atoms with Crippen molar-refractivity contribution in [2.24, 2.45) is 0 Å². The fourth-order valence-corrected chi connectivity index (χ4v) is 4.59. The van der Waals surface area contributed by atoms with Gasteiger partial charge in [-0.25, -0.2) is 0 Å². The van der Waals surface area contributed by atoms with Gasteiger partial charge in [-0.3, -0.25) is 14.1 Å². The van der Waals surface area contributed by atoms with Crippen LogP contribution < -0.4 is 10.9 Å². The van der Waals surface area contributed by atoms with Gasteiger partial charge >= 0.3 is 0 Å². The van der Waals surface area contributed by atoms with Crippen molar-refractivity contribution < 1.29 is 13.0 Å². The maximum Gasteiger partial charge on any atom is 0.296 e. The minimum atomic E-state index is -4.54. The number of aryl methyl sites for hydroxylation is 2. The van der Waals surface area contributed by atoms with Crippen molar-refractivity contribution >= 4 is 53.7 Å². The summed E-state index contributed by atoms with van der Waals surface area (Å²) in [5.74, 6) is 0. The summed E-state index contributed by atoms with van der Waals surface area (Å²) in [6.07, 6.45) is 0. The number of H-pyrrole nitrogens is 2. The molecule has 0 bridgehead atoms. The predicted octanol–water partition coefficient (Wildman–Crippen LogP) is 3.54. The Hall–Kier alpha value is -3.49. The van der Waals surface area contributed by atoms with Crippen molar-refractivity contribution in [1.82, 2.24) is 9.97 Å². The Morgan fingerprint density at radius 3 is 1.93 bits per heavy atom. The normalized spacial score (nSPS) is 12.4. The summed E-state index contributed by atoms with van der Waals surface area (Å²) in [5, 5.41) is 1.34. The molecule has 2 heterocycles. The molecule has 0 atom stereocenters. The molecular weight excluding hydrogens is 404 g/mol. The number of benzene rings is 3. The smallest absolute Gasteiger partial charge is 0.296 e. The van der Waals surface area contributed by atoms with Gasteiger partial charge in [0, 0.05) is 21.5 Å². The highest BCUT2D eigenvalue weighted by molar-refractivity contribution is 7.86. The third-order valence-corrected chi connectivity index (χ3v) is 6.50. The maximum absolute atomic E-state index is 13.1. The SMILES string of the molecule is Cc1cc2[nH]c3cc4c(=O)c5cccc(S(=O)(=O)O)c5[nH]c4cc3c(=O)c2cc1C. The van der Waals surface area contributed by atoms with Gasteiger partial charge in [0.05, 0.1) is 22.1 Å². The molecule has 3 N–H and O–H groups in total. The largest absolute Gasteiger partial charge is 0.354 e. The summed E-state index contributed by atoms with van der Waals surface area (Å²) in [6.45, 7) is 3.89. The Morgan fingerprint density at radius 2 is 1.27 bits per heavy atom. The first-order valence-corrected chi connectivity index (χ1v) is 10.6. The number of rotatable bonds is 1. The molecule has 5 rings (SSSR count). The first-order chi connectivity index (χ1) is 14.1. The number of hydrogen-bond donors (Lipinski definition) is 3. The first kappa shape index (κ1) is 18.5. The van der Waals surface area contributed by atoms with E-state index in [9.17, 15) is 22.6 Å². The molecule has 2 aromatic heterocycles. The third-order valence-electron chi connectivity index (χ3n) is 5.60. The van der Waals surface area contributed by atoms with E-state index in [-0.39, 0.29) is 16.3 Å². The van der Waals surface area contributed by atoms with Crippen molar-refractivity contribution in [2.45, 2.75) is 18.7 Å². The molecule has 0 amide bonds. The number of para-hydroxylation sites is 1. The second kappa shape index (κ2) is 6.01. The summed E-state index contributed by atoms with van der Waals surface area (Å²) in [7, 11) is -4.54. The quantitative estimate of drug-likeness (QED) is 0.283. The minimum Gasteiger partial charge on any atom is -0.354 e. The molecule has 0 radical (unpaired) electrons. The molecule has 0 saturated carbocycles. The molecule has 8 heteroatoms. The Labute approximate surface area is 169 Å². The Kier molecular flexibility index (Phi) is 3.71. The van der Waals surface area contributed by atoms with Crippen LogP contribution in [0.5, 0.6) is 0 Å². The molecule has 150 valence electrons. The molecular formula is C22H16N2O5S. The average Bonchev–Trinajstić information content (AvgIpc) is 2.68. The lowest BCUT2D eigenvalue weighted by molar-refractivity contribution is 0.484. The zero-order valence-corrected chi connectivity index (χ0v) is 16.8. The van der Waals surface area contributed by atoms with Crippen LogP contribution in [0.3, 0.4) is 0 Å². The zero-order chi connectivity index (χ0) is 21.4. The van der Waals surface area contributed by atoms with Crippen LogP contribution in [0.2, 0.25) is 0 Å². The molecule has 0 fully saturated rings. The van der Waals surface area contributed by atoms with Crippen LogP contribution in [0.15, 0.2) is 56.9 Å². The topological polar surface area (TPSA) is 120 Å². The van der Waals surface area contributed by atoms with Gasteiger partial charge < -0.3 is 9.97 Å². The number of aromatic nitrogens is 2. The zero-order valence-electron chi connectivity index (χ0n) is 16.0. The number of fused-ring (bicyclic) bond motifs is 4. The highest BCUT2D eigenvalue weighted by Crippen LogP contribution is 2.25. The molecule has 0 aliphatic carbocycles. The van der Waals surface area contributed by atoms with E-state index in [1.165, 1.54) is 18.2 Å². The van der Waals surface area contributed by atoms with Gasteiger partial charge in [-0.15, -0.1) is 0 Å². The van der Waals surface area contributed by atoms with E-state index in [1.807, 2.05) is 26.0 Å². The maximum atomic E-state index is 13.1. The van der Waals surface area contributed by atoms with E-state index in [0.717, 1.165) is 11.1 Å². The molecule has 0 saturated heterocycles. The van der Waals surface area contributed by atoms with Crippen molar-refractivity contribution in [2.75, 3.05) is 0 Å². The van der Waals surface area contributed by atoms with Gasteiger partial charge in [0.25, 0.3) is 10.1 Å².